The smallest absolute Gasteiger partial charge is 0.325 e. The Hall–Kier alpha value is -2.42. The molecule has 26 heavy (non-hydrogen) atoms. The quantitative estimate of drug-likeness (QED) is 0.815. The fourth-order valence-electron chi connectivity index (χ4n) is 4.14. The number of amides is 1. The molecule has 0 bridgehead atoms. The van der Waals surface area contributed by atoms with E-state index in [0.717, 1.165) is 12.1 Å². The first-order valence-electron chi connectivity index (χ1n) is 8.34. The Labute approximate surface area is 147 Å². The summed E-state index contributed by atoms with van der Waals surface area (Å²) in [6.07, 6.45) is -1.74. The lowest BCUT2D eigenvalue weighted by Crippen LogP contribution is -2.50. The number of carbonyl (C=O) groups is 1. The molecule has 1 fully saturated rings. The number of hydrogen-bond acceptors (Lipinski definition) is 4. The first-order valence-corrected chi connectivity index (χ1v) is 8.34. The van der Waals surface area contributed by atoms with Gasteiger partial charge in [0, 0.05) is 25.0 Å². The Morgan fingerprint density at radius 3 is 2.73 bits per heavy atom. The summed E-state index contributed by atoms with van der Waals surface area (Å²) in [5.41, 5.74) is -0.0472. The van der Waals surface area contributed by atoms with Crippen LogP contribution in [-0.2, 0) is 23.4 Å². The van der Waals surface area contributed by atoms with Gasteiger partial charge in [0.15, 0.2) is 0 Å². The van der Waals surface area contributed by atoms with Crippen LogP contribution in [0.3, 0.4) is 0 Å². The van der Waals surface area contributed by atoms with E-state index in [2.05, 4.69) is 20.9 Å². The predicted octanol–water partition coefficient (Wildman–Crippen LogP) is 2.54. The maximum absolute atomic E-state index is 13.0. The highest BCUT2D eigenvalue weighted by Gasteiger charge is 2.52. The van der Waals surface area contributed by atoms with Crippen LogP contribution in [0.2, 0.25) is 0 Å². The molecule has 3 heterocycles. The summed E-state index contributed by atoms with van der Waals surface area (Å²) < 4.78 is 40.6. The number of piperidine rings is 1. The van der Waals surface area contributed by atoms with Crippen LogP contribution in [0.1, 0.15) is 42.6 Å². The highest BCUT2D eigenvalue weighted by Crippen LogP contribution is 2.49. The number of carbonyl (C=O) groups excluding carboxylic acids is 1. The van der Waals surface area contributed by atoms with Crippen molar-refractivity contribution < 1.29 is 18.0 Å². The van der Waals surface area contributed by atoms with Crippen LogP contribution < -0.4 is 10.6 Å². The lowest BCUT2D eigenvalue weighted by Gasteiger charge is -2.40. The second-order valence-corrected chi connectivity index (χ2v) is 7.14. The summed E-state index contributed by atoms with van der Waals surface area (Å²) in [6.45, 7) is 1.96. The summed E-state index contributed by atoms with van der Waals surface area (Å²) >= 11 is 0. The van der Waals surface area contributed by atoms with E-state index < -0.39 is 17.2 Å². The number of hydrogen-bond donors (Lipinski definition) is 2. The zero-order chi connectivity index (χ0) is 18.7. The Morgan fingerprint density at radius 2 is 2.08 bits per heavy atom. The van der Waals surface area contributed by atoms with Gasteiger partial charge in [0.1, 0.15) is 0 Å². The van der Waals surface area contributed by atoms with Crippen LogP contribution in [-0.4, -0.2) is 26.9 Å². The highest BCUT2D eigenvalue weighted by molar-refractivity contribution is 6.06. The van der Waals surface area contributed by atoms with Crippen molar-refractivity contribution in [2.24, 2.45) is 7.05 Å². The van der Waals surface area contributed by atoms with Crippen LogP contribution in [0.15, 0.2) is 24.4 Å². The Kier molecular flexibility index (Phi) is 3.62. The van der Waals surface area contributed by atoms with Gasteiger partial charge in [-0.25, -0.2) is 0 Å². The molecule has 1 amide bonds. The van der Waals surface area contributed by atoms with Gasteiger partial charge in [0.2, 0.25) is 5.91 Å². The molecule has 4 rings (SSSR count). The average Bonchev–Trinajstić information content (AvgIpc) is 3.09. The Bertz CT molecular complexity index is 878. The average molecular weight is 365 g/mol. The third-order valence-corrected chi connectivity index (χ3v) is 5.22. The number of aryl methyl sites for hydroxylation is 1. The van der Waals surface area contributed by atoms with E-state index in [9.17, 15) is 18.0 Å². The molecule has 9 heteroatoms. The van der Waals surface area contributed by atoms with Crippen LogP contribution >= 0.6 is 0 Å². The van der Waals surface area contributed by atoms with E-state index in [1.54, 1.807) is 17.9 Å². The topological polar surface area (TPSA) is 71.8 Å². The molecule has 1 aromatic heterocycles. The molecule has 6 nitrogen and oxygen atoms in total. The van der Waals surface area contributed by atoms with Crippen molar-refractivity contribution >= 4 is 11.6 Å². The standard InChI is InChI=1S/C17H18F3N5O/c1-9-6-16(7-13(21-9)14-8-25(2)24-23-14)11-4-3-10(17(18,19)20)5-12(11)22-15(16)26/h3-5,8-9,13,21H,6-7H2,1-2H3,(H,22,26). The van der Waals surface area contributed by atoms with Crippen molar-refractivity contribution in [3.63, 3.8) is 0 Å². The highest BCUT2D eigenvalue weighted by atomic mass is 19.4. The number of anilines is 1. The first-order chi connectivity index (χ1) is 12.2. The molecule has 1 aromatic carbocycles. The van der Waals surface area contributed by atoms with Gasteiger partial charge in [-0.1, -0.05) is 11.3 Å². The minimum absolute atomic E-state index is 0.00486. The van der Waals surface area contributed by atoms with Crippen molar-refractivity contribution in [3.05, 3.63) is 41.2 Å². The van der Waals surface area contributed by atoms with Gasteiger partial charge in [-0.15, -0.1) is 5.10 Å². The van der Waals surface area contributed by atoms with E-state index >= 15 is 0 Å². The third kappa shape index (κ3) is 2.57. The molecule has 0 aliphatic carbocycles. The van der Waals surface area contributed by atoms with Crippen molar-refractivity contribution in [3.8, 4) is 0 Å². The molecule has 0 saturated carbocycles. The molecule has 138 valence electrons. The second kappa shape index (κ2) is 5.54. The van der Waals surface area contributed by atoms with E-state index in [-0.39, 0.29) is 23.7 Å². The Balaban J connectivity index is 1.75. The number of nitrogens with one attached hydrogen (secondary N) is 2. The molecular formula is C17H18F3N5O. The molecule has 3 atom stereocenters. The first kappa shape index (κ1) is 17.0. The number of rotatable bonds is 1. The van der Waals surface area contributed by atoms with Crippen LogP contribution in [0.4, 0.5) is 18.9 Å². The fourth-order valence-corrected chi connectivity index (χ4v) is 4.14. The molecule has 1 spiro atoms. The number of aromatic nitrogens is 3. The minimum atomic E-state index is -4.45. The van der Waals surface area contributed by atoms with Crippen LogP contribution in [0.5, 0.6) is 0 Å². The molecule has 3 unspecified atom stereocenters. The summed E-state index contributed by atoms with van der Waals surface area (Å²) in [6, 6.07) is 3.29. The number of nitrogens with zero attached hydrogens (tertiary/aromatic N) is 3. The number of fused-ring (bicyclic) bond motifs is 2. The second-order valence-electron chi connectivity index (χ2n) is 7.14. The van der Waals surface area contributed by atoms with Gasteiger partial charge in [0.25, 0.3) is 0 Å². The van der Waals surface area contributed by atoms with Crippen molar-refractivity contribution in [2.75, 3.05) is 5.32 Å². The summed E-state index contributed by atoms with van der Waals surface area (Å²) in [5.74, 6) is -0.255. The van der Waals surface area contributed by atoms with Gasteiger partial charge in [0.05, 0.1) is 22.7 Å². The van der Waals surface area contributed by atoms with E-state index in [1.165, 1.54) is 6.07 Å². The maximum Gasteiger partial charge on any atom is 0.416 e. The van der Waals surface area contributed by atoms with E-state index in [4.69, 9.17) is 0 Å². The van der Waals surface area contributed by atoms with Gasteiger partial charge >= 0.3 is 6.18 Å². The lowest BCUT2D eigenvalue weighted by atomic mass is 9.69. The normalized spacial score (nSPS) is 28.3. The molecule has 1 saturated heterocycles. The zero-order valence-electron chi connectivity index (χ0n) is 14.3. The minimum Gasteiger partial charge on any atom is -0.325 e. The van der Waals surface area contributed by atoms with Crippen LogP contribution in [0.25, 0.3) is 0 Å². The van der Waals surface area contributed by atoms with Gasteiger partial charge < -0.3 is 10.6 Å². The van der Waals surface area contributed by atoms with Crippen molar-refractivity contribution in [2.45, 2.75) is 43.4 Å². The monoisotopic (exact) mass is 365 g/mol. The molecule has 0 radical (unpaired) electrons. The van der Waals surface area contributed by atoms with Gasteiger partial charge in [-0.2, -0.15) is 13.2 Å². The third-order valence-electron chi connectivity index (χ3n) is 5.22. The van der Waals surface area contributed by atoms with Crippen LogP contribution in [0, 0.1) is 0 Å². The number of benzene rings is 1. The molecule has 2 N–H and O–H groups in total. The fraction of sp³-hybridized carbons (Fsp3) is 0.471. The number of halogens is 3. The maximum atomic E-state index is 13.0. The summed E-state index contributed by atoms with van der Waals surface area (Å²) in [5, 5.41) is 14.1. The molecule has 2 aromatic rings. The Morgan fingerprint density at radius 1 is 1.31 bits per heavy atom. The number of alkyl halides is 3. The molecular weight excluding hydrogens is 347 g/mol. The largest absolute Gasteiger partial charge is 0.416 e. The SMILES string of the molecule is CC1CC2(CC(c3cn(C)nn3)N1)C(=O)Nc1cc(C(F)(F)F)ccc12. The summed E-state index contributed by atoms with van der Waals surface area (Å²) in [4.78, 5) is 12.8. The van der Waals surface area contributed by atoms with Crippen molar-refractivity contribution in [1.82, 2.24) is 20.3 Å². The molecule has 2 aliphatic heterocycles. The zero-order valence-corrected chi connectivity index (χ0v) is 14.3. The van der Waals surface area contributed by atoms with Gasteiger partial charge in [-0.05, 0) is 37.5 Å². The van der Waals surface area contributed by atoms with E-state index in [0.29, 0.717) is 24.1 Å². The predicted molar refractivity (Wildman–Crippen MR) is 87.3 cm³/mol. The van der Waals surface area contributed by atoms with E-state index in [1.807, 2.05) is 6.92 Å². The van der Waals surface area contributed by atoms with Crippen molar-refractivity contribution in [1.29, 1.82) is 0 Å². The molecule has 2 aliphatic rings. The van der Waals surface area contributed by atoms with Gasteiger partial charge in [-0.3, -0.25) is 9.48 Å². The summed E-state index contributed by atoms with van der Waals surface area (Å²) in [7, 11) is 1.76. The lowest BCUT2D eigenvalue weighted by molar-refractivity contribution is -0.137.